The lowest BCUT2D eigenvalue weighted by molar-refractivity contribution is 0.0927. The second-order valence-corrected chi connectivity index (χ2v) is 6.49. The molecule has 2 heterocycles. The summed E-state index contributed by atoms with van der Waals surface area (Å²) >= 11 is 0. The van der Waals surface area contributed by atoms with Crippen molar-refractivity contribution in [1.82, 2.24) is 10.3 Å². The molecule has 2 aromatic heterocycles. The summed E-state index contributed by atoms with van der Waals surface area (Å²) in [4.78, 5) is 16.7. The average Bonchev–Trinajstić information content (AvgIpc) is 3.11. The Bertz CT molecular complexity index is 913. The molecule has 1 aromatic carbocycles. The number of amides is 1. The highest BCUT2D eigenvalue weighted by Gasteiger charge is 2.18. The maximum absolute atomic E-state index is 14.7. The van der Waals surface area contributed by atoms with Crippen molar-refractivity contribution in [3.63, 3.8) is 0 Å². The van der Waals surface area contributed by atoms with Gasteiger partial charge in [-0.3, -0.25) is 9.78 Å². The number of nitrogens with zero attached hydrogens (tertiary/aromatic N) is 1. The minimum absolute atomic E-state index is 0.199. The van der Waals surface area contributed by atoms with E-state index in [1.807, 2.05) is 0 Å². The summed E-state index contributed by atoms with van der Waals surface area (Å²) in [5.41, 5.74) is 1.87. The van der Waals surface area contributed by atoms with Gasteiger partial charge in [0.15, 0.2) is 0 Å². The molecule has 1 N–H and O–H groups in total. The number of carbonyl (C=O) groups is 1. The number of fused-ring (bicyclic) bond motifs is 1. The zero-order valence-electron chi connectivity index (χ0n) is 13.8. The highest BCUT2D eigenvalue weighted by atomic mass is 19.1. The molecule has 0 radical (unpaired) electrons. The van der Waals surface area contributed by atoms with Crippen LogP contribution in [0.3, 0.4) is 0 Å². The van der Waals surface area contributed by atoms with E-state index < -0.39 is 5.82 Å². The first-order valence-electron chi connectivity index (χ1n) is 8.65. The van der Waals surface area contributed by atoms with Gasteiger partial charge in [0.2, 0.25) is 0 Å². The van der Waals surface area contributed by atoms with Gasteiger partial charge in [-0.1, -0.05) is 19.3 Å². The smallest absolute Gasteiger partial charge is 0.251 e. The average molecular weight is 338 g/mol. The molecule has 1 amide bonds. The third kappa shape index (κ3) is 3.14. The normalized spacial score (nSPS) is 15.4. The second-order valence-electron chi connectivity index (χ2n) is 6.49. The Kier molecular flexibility index (Phi) is 4.22. The Hall–Kier alpha value is -2.69. The third-order valence-electron chi connectivity index (χ3n) is 4.81. The van der Waals surface area contributed by atoms with Crippen LogP contribution in [0.4, 0.5) is 4.39 Å². The molecule has 3 aromatic rings. The molecule has 1 aliphatic rings. The number of halogens is 1. The number of nitrogens with one attached hydrogen (secondary N) is 1. The van der Waals surface area contributed by atoms with Crippen LogP contribution >= 0.6 is 0 Å². The number of hydrogen-bond acceptors (Lipinski definition) is 3. The van der Waals surface area contributed by atoms with Gasteiger partial charge in [-0.05, 0) is 43.2 Å². The van der Waals surface area contributed by atoms with Gasteiger partial charge in [0.1, 0.15) is 11.4 Å². The van der Waals surface area contributed by atoms with E-state index in [0.717, 1.165) is 31.1 Å². The molecular formula is C20H19FN2O2. The van der Waals surface area contributed by atoms with E-state index in [0.29, 0.717) is 22.4 Å². The number of aromatic nitrogens is 1. The van der Waals surface area contributed by atoms with Crippen LogP contribution in [0, 0.1) is 5.82 Å². The Morgan fingerprint density at radius 1 is 1.16 bits per heavy atom. The van der Waals surface area contributed by atoms with Gasteiger partial charge in [-0.25, -0.2) is 4.39 Å². The predicted molar refractivity (Wildman–Crippen MR) is 93.7 cm³/mol. The fourth-order valence-electron chi connectivity index (χ4n) is 3.47. The summed E-state index contributed by atoms with van der Waals surface area (Å²) in [6.07, 6.45) is 8.64. The van der Waals surface area contributed by atoms with Crippen molar-refractivity contribution in [3.8, 4) is 11.3 Å². The Balaban J connectivity index is 1.60. The molecule has 0 atom stereocenters. The lowest BCUT2D eigenvalue weighted by atomic mass is 9.95. The second kappa shape index (κ2) is 6.67. The molecule has 0 unspecified atom stereocenters. The van der Waals surface area contributed by atoms with Crippen LogP contribution in [-0.4, -0.2) is 16.9 Å². The SMILES string of the molecule is O=C(NC1CCCCC1)c1ccc(-c2nccc3occc23)c(F)c1. The lowest BCUT2D eigenvalue weighted by Crippen LogP contribution is -2.36. The number of carbonyl (C=O) groups excluding carboxylic acids is 1. The summed E-state index contributed by atoms with van der Waals surface area (Å²) in [6, 6.07) is 8.25. The summed E-state index contributed by atoms with van der Waals surface area (Å²) in [5.74, 6) is -0.677. The topological polar surface area (TPSA) is 55.1 Å². The number of benzene rings is 1. The first-order chi connectivity index (χ1) is 12.2. The minimum atomic E-state index is -0.461. The third-order valence-corrected chi connectivity index (χ3v) is 4.81. The minimum Gasteiger partial charge on any atom is -0.464 e. The van der Waals surface area contributed by atoms with Crippen molar-refractivity contribution in [2.24, 2.45) is 0 Å². The molecule has 5 heteroatoms. The monoisotopic (exact) mass is 338 g/mol. The number of rotatable bonds is 3. The fourth-order valence-corrected chi connectivity index (χ4v) is 3.47. The van der Waals surface area contributed by atoms with Gasteiger partial charge in [-0.2, -0.15) is 0 Å². The summed E-state index contributed by atoms with van der Waals surface area (Å²) < 4.78 is 20.0. The molecule has 1 aliphatic carbocycles. The van der Waals surface area contributed by atoms with E-state index in [1.165, 1.54) is 12.5 Å². The van der Waals surface area contributed by atoms with Crippen molar-refractivity contribution in [2.45, 2.75) is 38.1 Å². The van der Waals surface area contributed by atoms with Gasteiger partial charge in [-0.15, -0.1) is 0 Å². The Labute approximate surface area is 145 Å². The van der Waals surface area contributed by atoms with E-state index >= 15 is 0 Å². The Morgan fingerprint density at radius 3 is 2.80 bits per heavy atom. The number of furan rings is 1. The van der Waals surface area contributed by atoms with Gasteiger partial charge in [0.05, 0.1) is 12.0 Å². The number of hydrogen-bond donors (Lipinski definition) is 1. The molecule has 0 spiro atoms. The van der Waals surface area contributed by atoms with Crippen molar-refractivity contribution in [2.75, 3.05) is 0 Å². The molecule has 0 bridgehead atoms. The van der Waals surface area contributed by atoms with E-state index in [9.17, 15) is 9.18 Å². The van der Waals surface area contributed by atoms with Gasteiger partial charge in [0.25, 0.3) is 5.91 Å². The van der Waals surface area contributed by atoms with Crippen molar-refractivity contribution >= 4 is 16.9 Å². The molecule has 4 rings (SSSR count). The lowest BCUT2D eigenvalue weighted by Gasteiger charge is -2.22. The maximum Gasteiger partial charge on any atom is 0.251 e. The Morgan fingerprint density at radius 2 is 2.00 bits per heavy atom. The van der Waals surface area contributed by atoms with Crippen molar-refractivity contribution < 1.29 is 13.6 Å². The largest absolute Gasteiger partial charge is 0.464 e. The molecule has 128 valence electrons. The quantitative estimate of drug-likeness (QED) is 0.753. The van der Waals surface area contributed by atoms with Gasteiger partial charge < -0.3 is 9.73 Å². The molecule has 0 aliphatic heterocycles. The van der Waals surface area contributed by atoms with E-state index in [1.54, 1.807) is 36.7 Å². The van der Waals surface area contributed by atoms with Gasteiger partial charge in [0, 0.05) is 28.8 Å². The van der Waals surface area contributed by atoms with Crippen LogP contribution in [0.25, 0.3) is 22.2 Å². The number of pyridine rings is 1. The van der Waals surface area contributed by atoms with Crippen LogP contribution in [0.5, 0.6) is 0 Å². The molecule has 1 fully saturated rings. The highest BCUT2D eigenvalue weighted by molar-refractivity contribution is 5.96. The zero-order valence-corrected chi connectivity index (χ0v) is 13.8. The zero-order chi connectivity index (χ0) is 17.2. The van der Waals surface area contributed by atoms with Crippen molar-refractivity contribution in [1.29, 1.82) is 0 Å². The summed E-state index contributed by atoms with van der Waals surface area (Å²) in [6.45, 7) is 0. The van der Waals surface area contributed by atoms with Crippen LogP contribution in [-0.2, 0) is 0 Å². The van der Waals surface area contributed by atoms with E-state index in [-0.39, 0.29) is 11.9 Å². The van der Waals surface area contributed by atoms with Crippen LogP contribution in [0.1, 0.15) is 42.5 Å². The molecule has 4 nitrogen and oxygen atoms in total. The first kappa shape index (κ1) is 15.8. The fraction of sp³-hybridized carbons (Fsp3) is 0.300. The van der Waals surface area contributed by atoms with Crippen LogP contribution in [0.15, 0.2) is 47.2 Å². The molecular weight excluding hydrogens is 319 g/mol. The molecule has 0 saturated heterocycles. The van der Waals surface area contributed by atoms with E-state index in [2.05, 4.69) is 10.3 Å². The molecule has 1 saturated carbocycles. The molecule has 25 heavy (non-hydrogen) atoms. The van der Waals surface area contributed by atoms with Gasteiger partial charge >= 0.3 is 0 Å². The predicted octanol–water partition coefficient (Wildman–Crippen LogP) is 4.70. The summed E-state index contributed by atoms with van der Waals surface area (Å²) in [7, 11) is 0. The summed E-state index contributed by atoms with van der Waals surface area (Å²) in [5, 5.41) is 3.76. The van der Waals surface area contributed by atoms with Crippen molar-refractivity contribution in [3.05, 3.63) is 54.2 Å². The first-order valence-corrected chi connectivity index (χ1v) is 8.65. The highest BCUT2D eigenvalue weighted by Crippen LogP contribution is 2.29. The van der Waals surface area contributed by atoms with Crippen LogP contribution < -0.4 is 5.32 Å². The standard InChI is InChI=1S/C20H19FN2O2/c21-17-12-13(20(24)23-14-4-2-1-3-5-14)6-7-15(17)19-16-9-11-25-18(16)8-10-22-19/h6-12,14H,1-5H2,(H,23,24). The maximum atomic E-state index is 14.7. The van der Waals surface area contributed by atoms with E-state index in [4.69, 9.17) is 4.42 Å². The van der Waals surface area contributed by atoms with Crippen LogP contribution in [0.2, 0.25) is 0 Å².